The Morgan fingerprint density at radius 3 is 2.58 bits per heavy atom. The molecule has 1 amide bonds. The van der Waals surface area contributed by atoms with Crippen LogP contribution >= 0.6 is 11.6 Å². The van der Waals surface area contributed by atoms with Crippen LogP contribution in [-0.2, 0) is 19.3 Å². The number of aryl methyl sites for hydroxylation is 3. The molecule has 0 unspecified atom stereocenters. The quantitative estimate of drug-likeness (QED) is 0.456. The SMILES string of the molecule is Cc1cc(C)n(Cc2cccc(C(=O)NCCCn3nc(C(F)(F)F)c(Cl)c3C3CC3)c2)n1. The van der Waals surface area contributed by atoms with Gasteiger partial charge in [0, 0.05) is 30.3 Å². The molecule has 0 aliphatic heterocycles. The van der Waals surface area contributed by atoms with Crippen LogP contribution in [0.15, 0.2) is 30.3 Å². The summed E-state index contributed by atoms with van der Waals surface area (Å²) in [5.41, 5.74) is 2.87. The Bertz CT molecular complexity index is 1160. The summed E-state index contributed by atoms with van der Waals surface area (Å²) in [6.07, 6.45) is -2.52. The monoisotopic (exact) mass is 479 g/mol. The van der Waals surface area contributed by atoms with Crippen molar-refractivity contribution in [3.63, 3.8) is 0 Å². The minimum absolute atomic E-state index is 0.0284. The first-order chi connectivity index (χ1) is 15.6. The number of nitrogens with zero attached hydrogens (tertiary/aromatic N) is 4. The van der Waals surface area contributed by atoms with E-state index in [1.807, 2.05) is 42.8 Å². The lowest BCUT2D eigenvalue weighted by Crippen LogP contribution is -2.25. The number of carbonyl (C=O) groups excluding carboxylic acids is 1. The third-order valence-corrected chi connectivity index (χ3v) is 5.99. The van der Waals surface area contributed by atoms with Gasteiger partial charge in [-0.2, -0.15) is 23.4 Å². The summed E-state index contributed by atoms with van der Waals surface area (Å²) in [4.78, 5) is 12.6. The zero-order valence-corrected chi connectivity index (χ0v) is 19.2. The Kier molecular flexibility index (Phi) is 6.52. The highest BCUT2D eigenvalue weighted by atomic mass is 35.5. The van der Waals surface area contributed by atoms with Gasteiger partial charge in [0.15, 0.2) is 5.69 Å². The van der Waals surface area contributed by atoms with Gasteiger partial charge >= 0.3 is 6.18 Å². The topological polar surface area (TPSA) is 64.7 Å². The number of hydrogen-bond acceptors (Lipinski definition) is 3. The van der Waals surface area contributed by atoms with Gasteiger partial charge in [-0.25, -0.2) is 0 Å². The number of hydrogen-bond donors (Lipinski definition) is 1. The van der Waals surface area contributed by atoms with Gasteiger partial charge in [-0.3, -0.25) is 14.2 Å². The number of aromatic nitrogens is 4. The molecule has 1 aliphatic carbocycles. The van der Waals surface area contributed by atoms with Gasteiger partial charge in [-0.05, 0) is 56.9 Å². The predicted octanol–water partition coefficient (Wildman–Crippen LogP) is 5.11. The zero-order valence-electron chi connectivity index (χ0n) is 18.4. The van der Waals surface area contributed by atoms with Crippen LogP contribution in [0.1, 0.15) is 63.9 Å². The molecule has 33 heavy (non-hydrogen) atoms. The van der Waals surface area contributed by atoms with E-state index >= 15 is 0 Å². The molecule has 1 aromatic carbocycles. The molecular formula is C23H25ClF3N5O. The van der Waals surface area contributed by atoms with Crippen LogP contribution in [0.25, 0.3) is 0 Å². The van der Waals surface area contributed by atoms with E-state index in [9.17, 15) is 18.0 Å². The normalized spacial score (nSPS) is 14.0. The van der Waals surface area contributed by atoms with Gasteiger partial charge in [0.25, 0.3) is 5.91 Å². The van der Waals surface area contributed by atoms with Gasteiger partial charge in [0.05, 0.1) is 23.0 Å². The van der Waals surface area contributed by atoms with Crippen molar-refractivity contribution in [2.24, 2.45) is 0 Å². The van der Waals surface area contributed by atoms with Gasteiger partial charge < -0.3 is 5.32 Å². The summed E-state index contributed by atoms with van der Waals surface area (Å²) in [6.45, 7) is 5.04. The molecule has 0 atom stereocenters. The molecule has 0 saturated heterocycles. The van der Waals surface area contributed by atoms with Crippen LogP contribution < -0.4 is 5.32 Å². The second kappa shape index (κ2) is 9.21. The summed E-state index contributed by atoms with van der Waals surface area (Å²) < 4.78 is 42.8. The Balaban J connectivity index is 1.34. The molecular weight excluding hydrogens is 455 g/mol. The number of alkyl halides is 3. The van der Waals surface area contributed by atoms with Crippen LogP contribution in [0.5, 0.6) is 0 Å². The number of benzene rings is 1. The number of rotatable bonds is 8. The fourth-order valence-electron chi connectivity index (χ4n) is 3.90. The summed E-state index contributed by atoms with van der Waals surface area (Å²) in [5.74, 6) is -0.206. The maximum Gasteiger partial charge on any atom is 0.436 e. The molecule has 1 aliphatic rings. The average molecular weight is 480 g/mol. The summed E-state index contributed by atoms with van der Waals surface area (Å²) in [6, 6.07) is 9.30. The molecule has 1 fully saturated rings. The van der Waals surface area contributed by atoms with Crippen molar-refractivity contribution in [2.75, 3.05) is 6.54 Å². The molecule has 3 aromatic rings. The minimum Gasteiger partial charge on any atom is -0.352 e. The molecule has 0 bridgehead atoms. The third-order valence-electron chi connectivity index (χ3n) is 5.62. The van der Waals surface area contributed by atoms with Crippen molar-refractivity contribution in [3.05, 3.63) is 69.3 Å². The van der Waals surface area contributed by atoms with E-state index in [-0.39, 0.29) is 23.4 Å². The summed E-state index contributed by atoms with van der Waals surface area (Å²) in [7, 11) is 0. The molecule has 10 heteroatoms. The van der Waals surface area contributed by atoms with E-state index in [0.717, 1.165) is 29.8 Å². The standard InChI is InChI=1S/C23H25ClF3N5O/c1-14-11-15(2)32(29-14)13-16-5-3-6-18(12-16)22(33)28-9-4-10-31-20(17-7-8-17)19(24)21(30-31)23(25,26)27/h3,5-6,11-12,17H,4,7-10,13H2,1-2H3,(H,28,33). The van der Waals surface area contributed by atoms with Crippen molar-refractivity contribution in [1.29, 1.82) is 0 Å². The Morgan fingerprint density at radius 1 is 1.18 bits per heavy atom. The number of carbonyl (C=O) groups is 1. The lowest BCUT2D eigenvalue weighted by atomic mass is 10.1. The second-order valence-corrected chi connectivity index (χ2v) is 8.82. The fraction of sp³-hybridized carbons (Fsp3) is 0.435. The first-order valence-corrected chi connectivity index (χ1v) is 11.2. The summed E-state index contributed by atoms with van der Waals surface area (Å²) >= 11 is 6.00. The average Bonchev–Trinajstić information content (AvgIpc) is 3.45. The van der Waals surface area contributed by atoms with E-state index in [4.69, 9.17) is 11.6 Å². The molecule has 1 saturated carbocycles. The minimum atomic E-state index is -4.58. The van der Waals surface area contributed by atoms with Crippen molar-refractivity contribution >= 4 is 17.5 Å². The summed E-state index contributed by atoms with van der Waals surface area (Å²) in [5, 5.41) is 10.7. The molecule has 1 N–H and O–H groups in total. The smallest absolute Gasteiger partial charge is 0.352 e. The van der Waals surface area contributed by atoms with Crippen molar-refractivity contribution in [3.8, 4) is 0 Å². The number of halogens is 4. The van der Waals surface area contributed by atoms with Crippen molar-refractivity contribution in [2.45, 2.75) is 58.3 Å². The molecule has 2 heterocycles. The number of amides is 1. The molecule has 6 nitrogen and oxygen atoms in total. The van der Waals surface area contributed by atoms with Gasteiger partial charge in [0.1, 0.15) is 0 Å². The Morgan fingerprint density at radius 2 is 1.94 bits per heavy atom. The van der Waals surface area contributed by atoms with E-state index < -0.39 is 11.9 Å². The van der Waals surface area contributed by atoms with Crippen molar-refractivity contribution in [1.82, 2.24) is 24.9 Å². The van der Waals surface area contributed by atoms with E-state index in [1.54, 1.807) is 6.07 Å². The maximum atomic E-state index is 13.2. The van der Waals surface area contributed by atoms with E-state index in [2.05, 4.69) is 15.5 Å². The van der Waals surface area contributed by atoms with E-state index in [1.165, 1.54) is 4.68 Å². The lowest BCUT2D eigenvalue weighted by Gasteiger charge is -2.10. The van der Waals surface area contributed by atoms with Gasteiger partial charge in [0.2, 0.25) is 0 Å². The highest BCUT2D eigenvalue weighted by Crippen LogP contribution is 2.46. The molecule has 2 aromatic heterocycles. The second-order valence-electron chi connectivity index (χ2n) is 8.44. The van der Waals surface area contributed by atoms with Gasteiger partial charge in [-0.1, -0.05) is 23.7 Å². The van der Waals surface area contributed by atoms with Crippen LogP contribution in [0.4, 0.5) is 13.2 Å². The number of nitrogens with one attached hydrogen (secondary N) is 1. The fourth-order valence-corrected chi connectivity index (χ4v) is 4.30. The predicted molar refractivity (Wildman–Crippen MR) is 118 cm³/mol. The largest absolute Gasteiger partial charge is 0.436 e. The van der Waals surface area contributed by atoms with Crippen LogP contribution in [-0.4, -0.2) is 32.0 Å². The lowest BCUT2D eigenvalue weighted by molar-refractivity contribution is -0.141. The van der Waals surface area contributed by atoms with E-state index in [0.29, 0.717) is 30.8 Å². The van der Waals surface area contributed by atoms with Crippen LogP contribution in [0.3, 0.4) is 0 Å². The molecule has 0 radical (unpaired) electrons. The van der Waals surface area contributed by atoms with Crippen LogP contribution in [0.2, 0.25) is 5.02 Å². The Labute approximate surface area is 194 Å². The molecule has 176 valence electrons. The Hall–Kier alpha value is -2.81. The third kappa shape index (κ3) is 5.40. The maximum absolute atomic E-state index is 13.2. The van der Waals surface area contributed by atoms with Crippen molar-refractivity contribution < 1.29 is 18.0 Å². The first-order valence-electron chi connectivity index (χ1n) is 10.8. The molecule has 4 rings (SSSR count). The van der Waals surface area contributed by atoms with Crippen LogP contribution in [0, 0.1) is 13.8 Å². The zero-order chi connectivity index (χ0) is 23.8. The highest BCUT2D eigenvalue weighted by molar-refractivity contribution is 6.32. The molecule has 0 spiro atoms. The first kappa shape index (κ1) is 23.4. The highest BCUT2D eigenvalue weighted by Gasteiger charge is 2.41. The van der Waals surface area contributed by atoms with Gasteiger partial charge in [-0.15, -0.1) is 0 Å².